The Morgan fingerprint density at radius 1 is 0.893 bits per heavy atom. The van der Waals surface area contributed by atoms with Crippen LogP contribution in [0.15, 0.2) is 91.0 Å². The summed E-state index contributed by atoms with van der Waals surface area (Å²) in [5, 5.41) is 2.80. The Kier molecular flexibility index (Phi) is 6.37. The Balaban J connectivity index is 1.63. The lowest BCUT2D eigenvalue weighted by molar-refractivity contribution is -0.111. The number of nitrogens with one attached hydrogen (secondary N) is 1. The van der Waals surface area contributed by atoms with E-state index in [4.69, 9.17) is 0 Å². The molecule has 0 fully saturated rings. The lowest BCUT2D eigenvalue weighted by atomic mass is 10.1. The first-order chi connectivity index (χ1) is 13.6. The molecule has 0 unspecified atom stereocenters. The van der Waals surface area contributed by atoms with Crippen molar-refractivity contribution in [1.29, 1.82) is 0 Å². The van der Waals surface area contributed by atoms with Crippen LogP contribution in [0.2, 0.25) is 0 Å². The first-order valence-corrected chi connectivity index (χ1v) is 9.05. The molecule has 3 aromatic carbocycles. The maximum Gasteiger partial charge on any atom is 0.253 e. The van der Waals surface area contributed by atoms with Gasteiger partial charge < -0.3 is 10.2 Å². The molecule has 0 radical (unpaired) electrons. The fraction of sp³-hybridized carbons (Fsp3) is 0.0833. The van der Waals surface area contributed by atoms with E-state index < -0.39 is 0 Å². The Labute approximate surface area is 165 Å². The molecule has 0 aromatic heterocycles. The van der Waals surface area contributed by atoms with Gasteiger partial charge in [-0.15, -0.1) is 0 Å². The van der Waals surface area contributed by atoms with Crippen molar-refractivity contribution in [2.75, 3.05) is 12.4 Å². The number of nitrogens with zero attached hydrogens (tertiary/aromatic N) is 1. The number of hydrogen-bond donors (Lipinski definition) is 1. The van der Waals surface area contributed by atoms with Crippen molar-refractivity contribution in [1.82, 2.24) is 4.90 Å². The van der Waals surface area contributed by atoms with E-state index in [9.17, 15) is 9.59 Å². The normalized spacial score (nSPS) is 10.6. The van der Waals surface area contributed by atoms with E-state index in [0.717, 1.165) is 11.1 Å². The zero-order valence-electron chi connectivity index (χ0n) is 15.7. The zero-order valence-corrected chi connectivity index (χ0v) is 15.7. The summed E-state index contributed by atoms with van der Waals surface area (Å²) in [6, 6.07) is 26.4. The minimum atomic E-state index is -0.244. The second-order valence-electron chi connectivity index (χ2n) is 6.46. The highest BCUT2D eigenvalue weighted by Gasteiger charge is 2.12. The van der Waals surface area contributed by atoms with E-state index in [2.05, 4.69) is 5.32 Å². The van der Waals surface area contributed by atoms with Crippen LogP contribution in [0.3, 0.4) is 0 Å². The second kappa shape index (κ2) is 9.33. The van der Waals surface area contributed by atoms with Gasteiger partial charge in [0.1, 0.15) is 0 Å². The Bertz CT molecular complexity index is 966. The van der Waals surface area contributed by atoms with E-state index in [1.165, 1.54) is 6.08 Å². The maximum atomic E-state index is 12.7. The molecule has 0 spiro atoms. The lowest BCUT2D eigenvalue weighted by Crippen LogP contribution is -2.26. The third-order valence-corrected chi connectivity index (χ3v) is 4.21. The molecule has 0 saturated heterocycles. The predicted molar refractivity (Wildman–Crippen MR) is 113 cm³/mol. The average Bonchev–Trinajstić information content (AvgIpc) is 2.73. The van der Waals surface area contributed by atoms with Crippen molar-refractivity contribution >= 4 is 23.6 Å². The van der Waals surface area contributed by atoms with Gasteiger partial charge in [-0.05, 0) is 35.4 Å². The molecule has 0 aliphatic carbocycles. The highest BCUT2D eigenvalue weighted by atomic mass is 16.2. The molecule has 28 heavy (non-hydrogen) atoms. The molecular weight excluding hydrogens is 348 g/mol. The number of carbonyl (C=O) groups is 2. The Hall–Kier alpha value is -3.66. The molecule has 140 valence electrons. The first kappa shape index (κ1) is 19.1. The van der Waals surface area contributed by atoms with Gasteiger partial charge in [-0.2, -0.15) is 0 Å². The number of hydrogen-bond acceptors (Lipinski definition) is 2. The monoisotopic (exact) mass is 370 g/mol. The molecule has 0 heterocycles. The van der Waals surface area contributed by atoms with Crippen molar-refractivity contribution in [3.05, 3.63) is 108 Å². The second-order valence-corrected chi connectivity index (χ2v) is 6.46. The summed E-state index contributed by atoms with van der Waals surface area (Å²) in [5.41, 5.74) is 3.13. The molecule has 0 bridgehead atoms. The Morgan fingerprint density at radius 2 is 1.57 bits per heavy atom. The number of carbonyl (C=O) groups excluding carboxylic acids is 2. The van der Waals surface area contributed by atoms with Gasteiger partial charge in [0.25, 0.3) is 5.91 Å². The number of amides is 2. The summed E-state index contributed by atoms with van der Waals surface area (Å²) >= 11 is 0. The van der Waals surface area contributed by atoms with Gasteiger partial charge in [-0.3, -0.25) is 9.59 Å². The molecular formula is C24H22N2O2. The van der Waals surface area contributed by atoms with Gasteiger partial charge in [0.05, 0.1) is 0 Å². The summed E-state index contributed by atoms with van der Waals surface area (Å²) < 4.78 is 0. The van der Waals surface area contributed by atoms with Crippen LogP contribution in [-0.4, -0.2) is 23.8 Å². The maximum absolute atomic E-state index is 12.7. The summed E-state index contributed by atoms with van der Waals surface area (Å²) in [6.45, 7) is 0.524. The minimum absolute atomic E-state index is 0.0974. The van der Waals surface area contributed by atoms with Crippen LogP contribution in [0, 0.1) is 0 Å². The first-order valence-electron chi connectivity index (χ1n) is 9.05. The standard InChI is InChI=1S/C24H22N2O2/c1-26(18-20-11-6-3-7-12-20)24(28)21-13-8-14-22(17-21)25-23(27)16-15-19-9-4-2-5-10-19/h2-17H,18H2,1H3,(H,25,27)/b16-15+. The number of rotatable bonds is 6. The quantitative estimate of drug-likeness (QED) is 0.644. The molecule has 4 heteroatoms. The van der Waals surface area contributed by atoms with Gasteiger partial charge in [-0.25, -0.2) is 0 Å². The fourth-order valence-electron chi connectivity index (χ4n) is 2.80. The predicted octanol–water partition coefficient (Wildman–Crippen LogP) is 4.61. The molecule has 0 aliphatic heterocycles. The largest absolute Gasteiger partial charge is 0.337 e. The highest BCUT2D eigenvalue weighted by Crippen LogP contribution is 2.14. The van der Waals surface area contributed by atoms with Crippen LogP contribution >= 0.6 is 0 Å². The van der Waals surface area contributed by atoms with Crippen LogP contribution in [0.4, 0.5) is 5.69 Å². The molecule has 3 rings (SSSR count). The van der Waals surface area contributed by atoms with Crippen LogP contribution in [0.1, 0.15) is 21.5 Å². The molecule has 0 atom stereocenters. The van der Waals surface area contributed by atoms with E-state index >= 15 is 0 Å². The van der Waals surface area contributed by atoms with E-state index in [1.54, 1.807) is 42.3 Å². The number of anilines is 1. The third-order valence-electron chi connectivity index (χ3n) is 4.21. The van der Waals surface area contributed by atoms with Gasteiger partial charge in [0, 0.05) is 30.9 Å². The SMILES string of the molecule is CN(Cc1ccccc1)C(=O)c1cccc(NC(=O)/C=C/c2ccccc2)c1. The average molecular weight is 370 g/mol. The smallest absolute Gasteiger partial charge is 0.253 e. The van der Waals surface area contributed by atoms with Crippen LogP contribution in [0.25, 0.3) is 6.08 Å². The van der Waals surface area contributed by atoms with Crippen molar-refractivity contribution in [3.8, 4) is 0 Å². The molecule has 4 nitrogen and oxygen atoms in total. The van der Waals surface area contributed by atoms with Crippen LogP contribution in [0.5, 0.6) is 0 Å². The molecule has 3 aromatic rings. The molecule has 0 saturated carbocycles. The van der Waals surface area contributed by atoms with Crippen LogP contribution < -0.4 is 5.32 Å². The van der Waals surface area contributed by atoms with E-state index in [0.29, 0.717) is 17.8 Å². The van der Waals surface area contributed by atoms with Crippen molar-refractivity contribution in [2.45, 2.75) is 6.54 Å². The molecule has 2 amide bonds. The highest BCUT2D eigenvalue weighted by molar-refractivity contribution is 6.03. The summed E-state index contributed by atoms with van der Waals surface area (Å²) in [6.07, 6.45) is 3.23. The zero-order chi connectivity index (χ0) is 19.8. The summed E-state index contributed by atoms with van der Waals surface area (Å²) in [7, 11) is 1.77. The Morgan fingerprint density at radius 3 is 2.29 bits per heavy atom. The summed E-state index contributed by atoms with van der Waals surface area (Å²) in [4.78, 5) is 26.5. The van der Waals surface area contributed by atoms with Crippen LogP contribution in [-0.2, 0) is 11.3 Å². The van der Waals surface area contributed by atoms with Gasteiger partial charge in [0.15, 0.2) is 0 Å². The fourth-order valence-corrected chi connectivity index (χ4v) is 2.80. The van der Waals surface area contributed by atoms with E-state index in [1.807, 2.05) is 60.7 Å². The van der Waals surface area contributed by atoms with Gasteiger partial charge in [0.2, 0.25) is 5.91 Å². The van der Waals surface area contributed by atoms with Crippen molar-refractivity contribution in [3.63, 3.8) is 0 Å². The van der Waals surface area contributed by atoms with E-state index in [-0.39, 0.29) is 11.8 Å². The minimum Gasteiger partial charge on any atom is -0.337 e. The topological polar surface area (TPSA) is 49.4 Å². The third kappa shape index (κ3) is 5.42. The van der Waals surface area contributed by atoms with Crippen molar-refractivity contribution in [2.24, 2.45) is 0 Å². The van der Waals surface area contributed by atoms with Crippen molar-refractivity contribution < 1.29 is 9.59 Å². The number of benzene rings is 3. The molecule has 1 N–H and O–H groups in total. The summed E-state index contributed by atoms with van der Waals surface area (Å²) in [5.74, 6) is -0.342. The lowest BCUT2D eigenvalue weighted by Gasteiger charge is -2.17. The molecule has 0 aliphatic rings. The van der Waals surface area contributed by atoms with Gasteiger partial charge >= 0.3 is 0 Å². The van der Waals surface area contributed by atoms with Gasteiger partial charge in [-0.1, -0.05) is 66.7 Å².